The van der Waals surface area contributed by atoms with Gasteiger partial charge in [-0.25, -0.2) is 0 Å². The van der Waals surface area contributed by atoms with Crippen LogP contribution in [0.1, 0.15) is 12.5 Å². The van der Waals surface area contributed by atoms with Crippen molar-refractivity contribution < 1.29 is 19.4 Å². The lowest BCUT2D eigenvalue weighted by Crippen LogP contribution is -2.19. The summed E-state index contributed by atoms with van der Waals surface area (Å²) in [6.07, 6.45) is 0. The summed E-state index contributed by atoms with van der Waals surface area (Å²) in [5.74, 6) is -0.714. The Morgan fingerprint density at radius 3 is 2.70 bits per heavy atom. The first-order valence-corrected chi connectivity index (χ1v) is 7.26. The molecule has 1 rings (SSSR count). The fraction of sp³-hybridized carbons (Fsp3) is 0.385. The molecule has 0 aliphatic rings. The van der Waals surface area contributed by atoms with Crippen LogP contribution in [-0.4, -0.2) is 35.1 Å². The van der Waals surface area contributed by atoms with Gasteiger partial charge >= 0.3 is 5.97 Å². The minimum Gasteiger partial charge on any atom is -0.495 e. The van der Waals surface area contributed by atoms with Crippen molar-refractivity contribution in [2.24, 2.45) is 0 Å². The first-order valence-electron chi connectivity index (χ1n) is 5.83. The minimum absolute atomic E-state index is 0.0539. The highest BCUT2D eigenvalue weighted by atomic mass is 35.5. The number of thioether (sulfide) groups is 1. The van der Waals surface area contributed by atoms with Gasteiger partial charge in [0.15, 0.2) is 0 Å². The number of methoxy groups -OCH3 is 1. The SMILES string of the molecule is COc1cc(Cl)c(C)cc1NC(=O)CSC(C)C(=O)O. The van der Waals surface area contributed by atoms with Gasteiger partial charge in [-0.2, -0.15) is 0 Å². The van der Waals surface area contributed by atoms with Gasteiger partial charge in [0.2, 0.25) is 5.91 Å². The number of carbonyl (C=O) groups is 2. The number of aryl methyl sites for hydroxylation is 1. The zero-order valence-electron chi connectivity index (χ0n) is 11.4. The normalized spacial score (nSPS) is 11.8. The number of amides is 1. The van der Waals surface area contributed by atoms with Crippen molar-refractivity contribution in [1.29, 1.82) is 0 Å². The van der Waals surface area contributed by atoms with Crippen molar-refractivity contribution in [2.75, 3.05) is 18.2 Å². The van der Waals surface area contributed by atoms with E-state index in [0.717, 1.165) is 17.3 Å². The van der Waals surface area contributed by atoms with Gasteiger partial charge < -0.3 is 15.2 Å². The van der Waals surface area contributed by atoms with E-state index in [1.54, 1.807) is 12.1 Å². The average Bonchev–Trinajstić information content (AvgIpc) is 2.39. The molecule has 7 heteroatoms. The van der Waals surface area contributed by atoms with E-state index >= 15 is 0 Å². The second-order valence-electron chi connectivity index (χ2n) is 4.14. The monoisotopic (exact) mass is 317 g/mol. The molecule has 1 unspecified atom stereocenters. The summed E-state index contributed by atoms with van der Waals surface area (Å²) in [5.41, 5.74) is 1.33. The molecule has 0 spiro atoms. The van der Waals surface area contributed by atoms with Crippen LogP contribution in [0.2, 0.25) is 5.02 Å². The number of aliphatic carboxylic acids is 1. The first kappa shape index (κ1) is 16.7. The summed E-state index contributed by atoms with van der Waals surface area (Å²) >= 11 is 7.03. The fourth-order valence-electron chi connectivity index (χ4n) is 1.39. The Hall–Kier alpha value is -1.40. The van der Waals surface area contributed by atoms with E-state index in [1.165, 1.54) is 14.0 Å². The van der Waals surface area contributed by atoms with Crippen LogP contribution >= 0.6 is 23.4 Å². The van der Waals surface area contributed by atoms with Crippen LogP contribution < -0.4 is 10.1 Å². The number of rotatable bonds is 6. The molecule has 0 aromatic heterocycles. The number of ether oxygens (including phenoxy) is 1. The van der Waals surface area contributed by atoms with E-state index in [1.807, 2.05) is 6.92 Å². The molecule has 0 saturated heterocycles. The Bertz CT molecular complexity index is 521. The molecule has 5 nitrogen and oxygen atoms in total. The van der Waals surface area contributed by atoms with E-state index in [9.17, 15) is 9.59 Å². The van der Waals surface area contributed by atoms with E-state index in [4.69, 9.17) is 21.4 Å². The lowest BCUT2D eigenvalue weighted by Gasteiger charge is -2.12. The number of benzene rings is 1. The third-order valence-corrected chi connectivity index (χ3v) is 4.10. The summed E-state index contributed by atoms with van der Waals surface area (Å²) in [6, 6.07) is 3.34. The molecular weight excluding hydrogens is 302 g/mol. The molecule has 0 heterocycles. The van der Waals surface area contributed by atoms with Crippen LogP contribution in [-0.2, 0) is 9.59 Å². The van der Waals surface area contributed by atoms with Gasteiger partial charge in [0.1, 0.15) is 5.75 Å². The summed E-state index contributed by atoms with van der Waals surface area (Å²) < 4.78 is 5.15. The molecule has 0 fully saturated rings. The molecule has 0 saturated carbocycles. The van der Waals surface area contributed by atoms with Gasteiger partial charge in [-0.1, -0.05) is 11.6 Å². The second-order valence-corrected chi connectivity index (χ2v) is 5.88. The van der Waals surface area contributed by atoms with Crippen molar-refractivity contribution in [2.45, 2.75) is 19.1 Å². The van der Waals surface area contributed by atoms with Crippen LogP contribution in [0.25, 0.3) is 0 Å². The average molecular weight is 318 g/mol. The Labute approximate surface area is 126 Å². The lowest BCUT2D eigenvalue weighted by molar-refractivity contribution is -0.136. The standard InChI is InChI=1S/C13H16ClNO4S/c1-7-4-10(11(19-3)5-9(7)14)15-12(16)6-20-8(2)13(17)18/h4-5,8H,6H2,1-3H3,(H,15,16)(H,17,18). The van der Waals surface area contributed by atoms with Crippen LogP contribution in [0.15, 0.2) is 12.1 Å². The van der Waals surface area contributed by atoms with Crippen molar-refractivity contribution in [3.63, 3.8) is 0 Å². The first-order chi connectivity index (χ1) is 9.35. The molecule has 1 aromatic rings. The summed E-state index contributed by atoms with van der Waals surface area (Å²) in [5, 5.41) is 11.4. The zero-order valence-corrected chi connectivity index (χ0v) is 13.0. The molecule has 2 N–H and O–H groups in total. The molecule has 1 amide bonds. The number of hydrogen-bond donors (Lipinski definition) is 2. The largest absolute Gasteiger partial charge is 0.495 e. The second kappa shape index (κ2) is 7.40. The van der Waals surface area contributed by atoms with E-state index in [-0.39, 0.29) is 11.7 Å². The number of carbonyl (C=O) groups excluding carboxylic acids is 1. The number of halogens is 1. The third kappa shape index (κ3) is 4.61. The molecule has 0 radical (unpaired) electrons. The van der Waals surface area contributed by atoms with Gasteiger partial charge in [0.25, 0.3) is 0 Å². The Balaban J connectivity index is 2.71. The van der Waals surface area contributed by atoms with Crippen LogP contribution in [0, 0.1) is 6.92 Å². The molecule has 1 atom stereocenters. The van der Waals surface area contributed by atoms with E-state index in [0.29, 0.717) is 16.5 Å². The summed E-state index contributed by atoms with van der Waals surface area (Å²) in [4.78, 5) is 22.5. The quantitative estimate of drug-likeness (QED) is 0.843. The number of anilines is 1. The Morgan fingerprint density at radius 1 is 1.50 bits per heavy atom. The molecule has 1 aromatic carbocycles. The third-order valence-electron chi connectivity index (χ3n) is 2.57. The number of hydrogen-bond acceptors (Lipinski definition) is 4. The van der Waals surface area contributed by atoms with Gasteiger partial charge in [-0.3, -0.25) is 9.59 Å². The minimum atomic E-state index is -0.942. The molecule has 0 aliphatic carbocycles. The zero-order chi connectivity index (χ0) is 15.3. The molecule has 0 aliphatic heterocycles. The van der Waals surface area contributed by atoms with Gasteiger partial charge in [0.05, 0.1) is 23.8 Å². The molecule has 110 valence electrons. The number of carboxylic acids is 1. The van der Waals surface area contributed by atoms with Crippen molar-refractivity contribution >= 4 is 40.9 Å². The van der Waals surface area contributed by atoms with Crippen LogP contribution in [0.3, 0.4) is 0 Å². The van der Waals surface area contributed by atoms with E-state index < -0.39 is 11.2 Å². The van der Waals surface area contributed by atoms with Crippen molar-refractivity contribution in [1.82, 2.24) is 0 Å². The fourth-order valence-corrected chi connectivity index (χ4v) is 2.16. The van der Waals surface area contributed by atoms with Crippen molar-refractivity contribution in [3.8, 4) is 5.75 Å². The maximum Gasteiger partial charge on any atom is 0.316 e. The van der Waals surface area contributed by atoms with Gasteiger partial charge in [-0.15, -0.1) is 11.8 Å². The van der Waals surface area contributed by atoms with Crippen molar-refractivity contribution in [3.05, 3.63) is 22.7 Å². The van der Waals surface area contributed by atoms with Gasteiger partial charge in [0, 0.05) is 11.1 Å². The predicted molar refractivity (Wildman–Crippen MR) is 80.9 cm³/mol. The Morgan fingerprint density at radius 2 is 2.15 bits per heavy atom. The van der Waals surface area contributed by atoms with Crippen LogP contribution in [0.5, 0.6) is 5.75 Å². The smallest absolute Gasteiger partial charge is 0.316 e. The highest BCUT2D eigenvalue weighted by molar-refractivity contribution is 8.01. The van der Waals surface area contributed by atoms with E-state index in [2.05, 4.69) is 5.32 Å². The van der Waals surface area contributed by atoms with Gasteiger partial charge in [-0.05, 0) is 25.5 Å². The summed E-state index contributed by atoms with van der Waals surface area (Å²) in [7, 11) is 1.48. The highest BCUT2D eigenvalue weighted by Gasteiger charge is 2.15. The number of nitrogens with one attached hydrogen (secondary N) is 1. The number of carboxylic acid groups (broad SMARTS) is 1. The molecular formula is C13H16ClNO4S. The Kier molecular flexibility index (Phi) is 6.16. The molecule has 0 bridgehead atoms. The highest BCUT2D eigenvalue weighted by Crippen LogP contribution is 2.31. The topological polar surface area (TPSA) is 75.6 Å². The summed E-state index contributed by atoms with van der Waals surface area (Å²) in [6.45, 7) is 3.35. The maximum atomic E-state index is 11.8. The predicted octanol–water partition coefficient (Wildman–Crippen LogP) is 2.80. The van der Waals surface area contributed by atoms with Crippen LogP contribution in [0.4, 0.5) is 5.69 Å². The maximum absolute atomic E-state index is 11.8. The molecule has 20 heavy (non-hydrogen) atoms. The lowest BCUT2D eigenvalue weighted by atomic mass is 10.2.